The average Bonchev–Trinajstić information content (AvgIpc) is 2.61. The van der Waals surface area contributed by atoms with Crippen molar-refractivity contribution in [3.8, 4) is 0 Å². The van der Waals surface area contributed by atoms with Crippen LogP contribution < -0.4 is 5.43 Å². The molecule has 2 rings (SSSR count). The monoisotopic (exact) mass is 252 g/mol. The fourth-order valence-electron chi connectivity index (χ4n) is 1.50. The van der Waals surface area contributed by atoms with E-state index in [2.05, 4.69) is 5.43 Å². The number of amides is 3. The lowest BCUT2D eigenvalue weighted by Gasteiger charge is -2.14. The summed E-state index contributed by atoms with van der Waals surface area (Å²) in [5.74, 6) is -1.33. The first kappa shape index (κ1) is 11.6. The van der Waals surface area contributed by atoms with Gasteiger partial charge in [0.05, 0.1) is 0 Å². The SMILES string of the molecule is O=C(NN1C(=O)CCC1=O)c1cccc(Cl)c1. The van der Waals surface area contributed by atoms with Crippen molar-refractivity contribution in [1.29, 1.82) is 0 Å². The van der Waals surface area contributed by atoms with Crippen molar-refractivity contribution in [2.24, 2.45) is 0 Å². The fourth-order valence-corrected chi connectivity index (χ4v) is 1.69. The van der Waals surface area contributed by atoms with Gasteiger partial charge in [-0.3, -0.25) is 19.8 Å². The van der Waals surface area contributed by atoms with Crippen molar-refractivity contribution in [1.82, 2.24) is 10.4 Å². The number of nitrogens with one attached hydrogen (secondary N) is 1. The molecule has 1 saturated heterocycles. The summed E-state index contributed by atoms with van der Waals surface area (Å²) >= 11 is 5.74. The zero-order valence-corrected chi connectivity index (χ0v) is 9.53. The van der Waals surface area contributed by atoms with E-state index in [-0.39, 0.29) is 12.8 Å². The number of hydrogen-bond donors (Lipinski definition) is 1. The Bertz CT molecular complexity index is 485. The third kappa shape index (κ3) is 2.45. The molecule has 0 bridgehead atoms. The molecule has 0 saturated carbocycles. The largest absolute Gasteiger partial charge is 0.273 e. The van der Waals surface area contributed by atoms with Crippen LogP contribution in [0.4, 0.5) is 0 Å². The number of carbonyl (C=O) groups is 3. The van der Waals surface area contributed by atoms with Gasteiger partial charge in [-0.15, -0.1) is 0 Å². The molecule has 0 aliphatic carbocycles. The summed E-state index contributed by atoms with van der Waals surface area (Å²) in [5.41, 5.74) is 2.55. The van der Waals surface area contributed by atoms with Crippen LogP contribution in [0, 0.1) is 0 Å². The molecule has 1 aliphatic heterocycles. The number of hydrogen-bond acceptors (Lipinski definition) is 3. The first-order valence-corrected chi connectivity index (χ1v) is 5.38. The molecule has 1 fully saturated rings. The van der Waals surface area contributed by atoms with Crippen LogP contribution in [0.25, 0.3) is 0 Å². The van der Waals surface area contributed by atoms with Crippen LogP contribution in [-0.2, 0) is 9.59 Å². The third-order valence-electron chi connectivity index (χ3n) is 2.35. The maximum atomic E-state index is 11.7. The van der Waals surface area contributed by atoms with Gasteiger partial charge in [0.1, 0.15) is 0 Å². The Morgan fingerprint density at radius 1 is 1.24 bits per heavy atom. The second-order valence-electron chi connectivity index (χ2n) is 3.57. The predicted molar refractivity (Wildman–Crippen MR) is 60.0 cm³/mol. The number of imide groups is 1. The number of nitrogens with zero attached hydrogens (tertiary/aromatic N) is 1. The minimum absolute atomic E-state index is 0.134. The van der Waals surface area contributed by atoms with E-state index in [9.17, 15) is 14.4 Å². The highest BCUT2D eigenvalue weighted by Crippen LogP contribution is 2.12. The van der Waals surface area contributed by atoms with Crippen molar-refractivity contribution in [3.05, 3.63) is 34.9 Å². The van der Waals surface area contributed by atoms with Crippen molar-refractivity contribution in [2.45, 2.75) is 12.8 Å². The van der Waals surface area contributed by atoms with Crippen LogP contribution in [0.5, 0.6) is 0 Å². The van der Waals surface area contributed by atoms with Gasteiger partial charge in [0.2, 0.25) is 11.8 Å². The Kier molecular flexibility index (Phi) is 3.10. The van der Waals surface area contributed by atoms with E-state index < -0.39 is 17.7 Å². The summed E-state index contributed by atoms with van der Waals surface area (Å²) < 4.78 is 0. The summed E-state index contributed by atoms with van der Waals surface area (Å²) in [6.07, 6.45) is 0.267. The maximum Gasteiger partial charge on any atom is 0.270 e. The quantitative estimate of drug-likeness (QED) is 0.803. The van der Waals surface area contributed by atoms with Gasteiger partial charge in [-0.1, -0.05) is 17.7 Å². The van der Waals surface area contributed by atoms with Gasteiger partial charge in [-0.25, -0.2) is 0 Å². The van der Waals surface area contributed by atoms with Crippen molar-refractivity contribution >= 4 is 29.3 Å². The lowest BCUT2D eigenvalue weighted by Crippen LogP contribution is -2.45. The first-order valence-electron chi connectivity index (χ1n) is 5.00. The zero-order chi connectivity index (χ0) is 12.4. The molecule has 5 nitrogen and oxygen atoms in total. The summed E-state index contributed by atoms with van der Waals surface area (Å²) in [7, 11) is 0. The average molecular weight is 253 g/mol. The molecule has 1 aromatic rings. The summed E-state index contributed by atoms with van der Waals surface area (Å²) in [6.45, 7) is 0. The Morgan fingerprint density at radius 2 is 1.88 bits per heavy atom. The van der Waals surface area contributed by atoms with Gasteiger partial charge in [-0.2, -0.15) is 5.01 Å². The topological polar surface area (TPSA) is 66.5 Å². The predicted octanol–water partition coefficient (Wildman–Crippen LogP) is 1.13. The van der Waals surface area contributed by atoms with E-state index in [1.807, 2.05) is 0 Å². The minimum atomic E-state index is -0.531. The van der Waals surface area contributed by atoms with Crippen LogP contribution in [0.1, 0.15) is 23.2 Å². The van der Waals surface area contributed by atoms with E-state index in [0.29, 0.717) is 10.6 Å². The number of halogens is 1. The molecule has 0 unspecified atom stereocenters. The summed E-state index contributed by atoms with van der Waals surface area (Å²) in [4.78, 5) is 34.3. The van der Waals surface area contributed by atoms with Crippen LogP contribution in [0.2, 0.25) is 5.02 Å². The number of hydrazine groups is 1. The lowest BCUT2D eigenvalue weighted by atomic mass is 10.2. The summed E-state index contributed by atoms with van der Waals surface area (Å²) in [5, 5.41) is 1.17. The van der Waals surface area contributed by atoms with Gasteiger partial charge < -0.3 is 0 Å². The molecule has 0 spiro atoms. The standard InChI is InChI=1S/C11H9ClN2O3/c12-8-3-1-2-7(6-8)11(17)13-14-9(15)4-5-10(14)16/h1-3,6H,4-5H2,(H,13,17). The molecule has 17 heavy (non-hydrogen) atoms. The van der Waals surface area contributed by atoms with Gasteiger partial charge in [0, 0.05) is 23.4 Å². The second kappa shape index (κ2) is 4.55. The molecule has 0 radical (unpaired) electrons. The van der Waals surface area contributed by atoms with Gasteiger partial charge in [0.25, 0.3) is 5.91 Å². The highest BCUT2D eigenvalue weighted by Gasteiger charge is 2.30. The van der Waals surface area contributed by atoms with Crippen LogP contribution in [0.3, 0.4) is 0 Å². The molecular formula is C11H9ClN2O3. The Labute approximate surface area is 102 Å². The normalized spacial score (nSPS) is 15.2. The molecular weight excluding hydrogens is 244 g/mol. The van der Waals surface area contributed by atoms with E-state index in [1.54, 1.807) is 18.2 Å². The van der Waals surface area contributed by atoms with Crippen molar-refractivity contribution < 1.29 is 14.4 Å². The van der Waals surface area contributed by atoms with E-state index in [1.165, 1.54) is 6.07 Å². The molecule has 6 heteroatoms. The Hall–Kier alpha value is -1.88. The van der Waals surface area contributed by atoms with Crippen molar-refractivity contribution in [2.75, 3.05) is 0 Å². The molecule has 1 N–H and O–H groups in total. The van der Waals surface area contributed by atoms with Gasteiger partial charge >= 0.3 is 0 Å². The van der Waals surface area contributed by atoms with Gasteiger partial charge in [-0.05, 0) is 18.2 Å². The highest BCUT2D eigenvalue weighted by atomic mass is 35.5. The molecule has 3 amide bonds. The Morgan fingerprint density at radius 3 is 2.47 bits per heavy atom. The van der Waals surface area contributed by atoms with Gasteiger partial charge in [0.15, 0.2) is 0 Å². The minimum Gasteiger partial charge on any atom is -0.273 e. The number of rotatable bonds is 2. The number of benzene rings is 1. The molecule has 1 heterocycles. The smallest absolute Gasteiger partial charge is 0.270 e. The second-order valence-corrected chi connectivity index (χ2v) is 4.01. The third-order valence-corrected chi connectivity index (χ3v) is 2.59. The molecule has 0 atom stereocenters. The Balaban J connectivity index is 2.12. The van der Waals surface area contributed by atoms with Crippen LogP contribution in [-0.4, -0.2) is 22.7 Å². The van der Waals surface area contributed by atoms with Crippen molar-refractivity contribution in [3.63, 3.8) is 0 Å². The highest BCUT2D eigenvalue weighted by molar-refractivity contribution is 6.31. The number of carbonyl (C=O) groups excluding carboxylic acids is 3. The van der Waals surface area contributed by atoms with E-state index >= 15 is 0 Å². The zero-order valence-electron chi connectivity index (χ0n) is 8.77. The molecule has 1 aliphatic rings. The van der Waals surface area contributed by atoms with Crippen LogP contribution in [0.15, 0.2) is 24.3 Å². The fraction of sp³-hybridized carbons (Fsp3) is 0.182. The molecule has 0 aromatic heterocycles. The molecule has 88 valence electrons. The van der Waals surface area contributed by atoms with E-state index in [4.69, 9.17) is 11.6 Å². The molecule has 1 aromatic carbocycles. The van der Waals surface area contributed by atoms with E-state index in [0.717, 1.165) is 5.01 Å². The first-order chi connectivity index (χ1) is 8.08. The lowest BCUT2D eigenvalue weighted by molar-refractivity contribution is -0.141. The summed E-state index contributed by atoms with van der Waals surface area (Å²) in [6, 6.07) is 6.25. The van der Waals surface area contributed by atoms with Crippen LogP contribution >= 0.6 is 11.6 Å². The maximum absolute atomic E-state index is 11.7.